The molecule has 1 unspecified atom stereocenters. The topological polar surface area (TPSA) is 78.9 Å². The van der Waals surface area contributed by atoms with Crippen LogP contribution in [0, 0.1) is 0 Å². The van der Waals surface area contributed by atoms with E-state index in [-0.39, 0.29) is 37.5 Å². The maximum absolute atomic E-state index is 12.7. The van der Waals surface area contributed by atoms with Crippen LogP contribution in [0.5, 0.6) is 0 Å². The molecule has 0 aliphatic heterocycles. The summed E-state index contributed by atoms with van der Waals surface area (Å²) in [5, 5.41) is 0. The summed E-state index contributed by atoms with van der Waals surface area (Å²) in [6.07, 6.45) is 55.3. The summed E-state index contributed by atoms with van der Waals surface area (Å²) in [4.78, 5) is 37.6. The lowest BCUT2D eigenvalue weighted by molar-refractivity contribution is -0.167. The first kappa shape index (κ1) is 51.3. The van der Waals surface area contributed by atoms with Gasteiger partial charge in [0.05, 0.1) is 0 Å². The maximum atomic E-state index is 12.7. The number of esters is 3. The zero-order valence-corrected chi connectivity index (χ0v) is 35.1. The first-order chi connectivity index (χ1) is 27.0. The van der Waals surface area contributed by atoms with Gasteiger partial charge in [-0.15, -0.1) is 0 Å². The summed E-state index contributed by atoms with van der Waals surface area (Å²) in [5.41, 5.74) is 0. The molecule has 0 saturated heterocycles. The van der Waals surface area contributed by atoms with Crippen LogP contribution in [0.3, 0.4) is 0 Å². The molecule has 0 aliphatic carbocycles. The number of hydrogen-bond donors (Lipinski definition) is 0. The zero-order valence-electron chi connectivity index (χ0n) is 35.1. The first-order valence-electron chi connectivity index (χ1n) is 21.8. The lowest BCUT2D eigenvalue weighted by atomic mass is 10.1. The van der Waals surface area contributed by atoms with Crippen molar-refractivity contribution >= 4 is 17.9 Å². The Hall–Kier alpha value is -3.67. The second-order valence-electron chi connectivity index (χ2n) is 14.0. The third-order valence-corrected chi connectivity index (χ3v) is 8.77. The van der Waals surface area contributed by atoms with Crippen molar-refractivity contribution in [2.24, 2.45) is 0 Å². The first-order valence-corrected chi connectivity index (χ1v) is 21.8. The second-order valence-corrected chi connectivity index (χ2v) is 14.0. The Balaban J connectivity index is 4.50. The minimum absolute atomic E-state index is 0.102. The minimum atomic E-state index is -0.804. The molecule has 55 heavy (non-hydrogen) atoms. The third kappa shape index (κ3) is 41.3. The average Bonchev–Trinajstić information content (AvgIpc) is 3.18. The van der Waals surface area contributed by atoms with E-state index in [0.29, 0.717) is 19.3 Å². The third-order valence-electron chi connectivity index (χ3n) is 8.77. The van der Waals surface area contributed by atoms with Crippen LogP contribution in [0.25, 0.3) is 0 Å². The number of carbonyl (C=O) groups excluding carboxylic acids is 3. The summed E-state index contributed by atoms with van der Waals surface area (Å²) >= 11 is 0. The van der Waals surface area contributed by atoms with Crippen molar-refractivity contribution in [2.45, 2.75) is 181 Å². The van der Waals surface area contributed by atoms with Crippen molar-refractivity contribution in [2.75, 3.05) is 13.2 Å². The Kier molecular flexibility index (Phi) is 40.2. The Bertz CT molecular complexity index is 1150. The van der Waals surface area contributed by atoms with E-state index >= 15 is 0 Å². The van der Waals surface area contributed by atoms with E-state index in [4.69, 9.17) is 14.2 Å². The molecule has 0 aliphatic rings. The minimum Gasteiger partial charge on any atom is -0.462 e. The molecule has 0 N–H and O–H groups in total. The number of unbranched alkanes of at least 4 members (excludes halogenated alkanes) is 16. The number of allylic oxidation sites excluding steroid dienone is 16. The van der Waals surface area contributed by atoms with Gasteiger partial charge in [-0.1, -0.05) is 195 Å². The summed E-state index contributed by atoms with van der Waals surface area (Å²) in [6, 6.07) is 0. The highest BCUT2D eigenvalue weighted by Gasteiger charge is 2.19. The Morgan fingerprint density at radius 2 is 0.709 bits per heavy atom. The van der Waals surface area contributed by atoms with Crippen molar-refractivity contribution < 1.29 is 28.6 Å². The van der Waals surface area contributed by atoms with Crippen LogP contribution in [0.15, 0.2) is 97.2 Å². The highest BCUT2D eigenvalue weighted by Crippen LogP contribution is 2.13. The van der Waals surface area contributed by atoms with Crippen LogP contribution >= 0.6 is 0 Å². The molecule has 0 aromatic carbocycles. The predicted molar refractivity (Wildman–Crippen MR) is 233 cm³/mol. The number of hydrogen-bond acceptors (Lipinski definition) is 6. The Morgan fingerprint density at radius 3 is 1.13 bits per heavy atom. The van der Waals surface area contributed by atoms with Gasteiger partial charge in [0.15, 0.2) is 6.10 Å². The molecule has 0 aromatic rings. The van der Waals surface area contributed by atoms with Gasteiger partial charge in [-0.25, -0.2) is 0 Å². The lowest BCUT2D eigenvalue weighted by Gasteiger charge is -2.18. The van der Waals surface area contributed by atoms with Gasteiger partial charge in [-0.2, -0.15) is 0 Å². The van der Waals surface area contributed by atoms with Crippen molar-refractivity contribution in [3.63, 3.8) is 0 Å². The van der Waals surface area contributed by atoms with Crippen LogP contribution in [0.1, 0.15) is 175 Å². The number of ether oxygens (including phenoxy) is 3. The maximum Gasteiger partial charge on any atom is 0.306 e. The van der Waals surface area contributed by atoms with Crippen LogP contribution in [0.4, 0.5) is 0 Å². The van der Waals surface area contributed by atoms with E-state index in [2.05, 4.69) is 57.2 Å². The van der Waals surface area contributed by atoms with Gasteiger partial charge in [0.1, 0.15) is 13.2 Å². The fourth-order valence-corrected chi connectivity index (χ4v) is 5.52. The molecule has 0 saturated carbocycles. The molecule has 0 aromatic heterocycles. The van der Waals surface area contributed by atoms with E-state index in [1.165, 1.54) is 38.5 Å². The second kappa shape index (κ2) is 43.1. The standard InChI is InChI=1S/C49H78O6/c1-4-7-10-13-16-19-21-23-24-26-27-30-33-36-39-42-48(51)54-45-46(44-53-47(50)41-38-35-32-29-18-15-12-9-6-3)55-49(52)43-40-37-34-31-28-25-22-20-17-14-11-8-5-2/h7-8,10-11,13-14,16-17,19-25,28,46H,4-6,9,12,15,18,26-27,29-45H2,1-3H3/b10-7-,11-8-,16-13-,17-14-,21-19-,22-20-,24-23-,28-25-. The lowest BCUT2D eigenvalue weighted by Crippen LogP contribution is -2.30. The van der Waals surface area contributed by atoms with Gasteiger partial charge in [0.2, 0.25) is 0 Å². The van der Waals surface area contributed by atoms with Gasteiger partial charge in [0, 0.05) is 19.3 Å². The molecule has 310 valence electrons. The smallest absolute Gasteiger partial charge is 0.306 e. The molecule has 6 heteroatoms. The van der Waals surface area contributed by atoms with Crippen molar-refractivity contribution in [1.29, 1.82) is 0 Å². The highest BCUT2D eigenvalue weighted by molar-refractivity contribution is 5.71. The van der Waals surface area contributed by atoms with Crippen LogP contribution in [0.2, 0.25) is 0 Å². The van der Waals surface area contributed by atoms with E-state index in [0.717, 1.165) is 89.9 Å². The van der Waals surface area contributed by atoms with Gasteiger partial charge < -0.3 is 14.2 Å². The van der Waals surface area contributed by atoms with Gasteiger partial charge in [-0.05, 0) is 57.8 Å². The van der Waals surface area contributed by atoms with E-state index in [1.54, 1.807) is 0 Å². The molecular weight excluding hydrogens is 685 g/mol. The van der Waals surface area contributed by atoms with Gasteiger partial charge >= 0.3 is 17.9 Å². The predicted octanol–water partition coefficient (Wildman–Crippen LogP) is 13.9. The van der Waals surface area contributed by atoms with E-state index < -0.39 is 6.10 Å². The Morgan fingerprint density at radius 1 is 0.382 bits per heavy atom. The summed E-state index contributed by atoms with van der Waals surface area (Å²) < 4.78 is 16.6. The normalized spacial score (nSPS) is 13.0. The molecule has 0 amide bonds. The highest BCUT2D eigenvalue weighted by atomic mass is 16.6. The molecule has 0 spiro atoms. The molecule has 1 atom stereocenters. The van der Waals surface area contributed by atoms with E-state index in [9.17, 15) is 14.4 Å². The molecule has 0 radical (unpaired) electrons. The number of carbonyl (C=O) groups is 3. The summed E-state index contributed by atoms with van der Waals surface area (Å²) in [7, 11) is 0. The van der Waals surface area contributed by atoms with Crippen molar-refractivity contribution in [3.8, 4) is 0 Å². The van der Waals surface area contributed by atoms with Crippen molar-refractivity contribution in [3.05, 3.63) is 97.2 Å². The Labute approximate surface area is 337 Å². The molecule has 0 fully saturated rings. The quantitative estimate of drug-likeness (QED) is 0.0271. The summed E-state index contributed by atoms with van der Waals surface area (Å²) in [5.74, 6) is -0.980. The van der Waals surface area contributed by atoms with Crippen molar-refractivity contribution in [1.82, 2.24) is 0 Å². The van der Waals surface area contributed by atoms with Gasteiger partial charge in [0.25, 0.3) is 0 Å². The monoisotopic (exact) mass is 763 g/mol. The molecule has 0 bridgehead atoms. The molecule has 0 heterocycles. The largest absolute Gasteiger partial charge is 0.462 e. The van der Waals surface area contributed by atoms with Crippen LogP contribution in [-0.2, 0) is 28.6 Å². The summed E-state index contributed by atoms with van der Waals surface area (Å²) in [6.45, 7) is 6.25. The molecular formula is C49H78O6. The fraction of sp³-hybridized carbons (Fsp3) is 0.612. The molecule has 6 nitrogen and oxygen atoms in total. The van der Waals surface area contributed by atoms with E-state index in [1.807, 2.05) is 60.8 Å². The zero-order chi connectivity index (χ0) is 40.1. The average molecular weight is 763 g/mol. The number of rotatable bonds is 37. The van der Waals surface area contributed by atoms with Crippen LogP contribution < -0.4 is 0 Å². The van der Waals surface area contributed by atoms with Crippen LogP contribution in [-0.4, -0.2) is 37.2 Å². The van der Waals surface area contributed by atoms with Gasteiger partial charge in [-0.3, -0.25) is 14.4 Å². The SMILES string of the molecule is CC\C=C/C=C\C=C/C=C\CCCCCCCC(=O)OCC(COC(=O)CCCCCCCCCCC)OC(=O)CCCCC\C=C/C=C\C=C/C=C\CC. The molecule has 0 rings (SSSR count). The fourth-order valence-electron chi connectivity index (χ4n) is 5.52.